The average molecular weight is 379 g/mol. The van der Waals surface area contributed by atoms with Gasteiger partial charge in [0.25, 0.3) is 0 Å². The van der Waals surface area contributed by atoms with Crippen molar-refractivity contribution in [1.29, 1.82) is 0 Å². The first-order valence-electron chi connectivity index (χ1n) is 10.3. The zero-order valence-corrected chi connectivity index (χ0v) is 16.6. The molecule has 1 aromatic heterocycles. The minimum atomic E-state index is 0.293. The fourth-order valence-corrected chi connectivity index (χ4v) is 4.68. The molecule has 0 radical (unpaired) electrons. The molecule has 2 aromatic rings. The van der Waals surface area contributed by atoms with Crippen LogP contribution >= 0.6 is 0 Å². The summed E-state index contributed by atoms with van der Waals surface area (Å²) in [7, 11) is 0. The number of carbonyl (C=O) groups is 1. The quantitative estimate of drug-likeness (QED) is 0.724. The molecule has 0 aliphatic carbocycles. The Labute approximate surface area is 167 Å². The highest BCUT2D eigenvalue weighted by Crippen LogP contribution is 2.40. The summed E-state index contributed by atoms with van der Waals surface area (Å²) in [4.78, 5) is 16.7. The molecule has 2 saturated heterocycles. The SMILES string of the molecule is C=CCN1CC2(CCC1=O)CCN(Cc1cccc(Cn3cccn3)c1)CC2. The molecular weight excluding hydrogens is 348 g/mol. The Morgan fingerprint density at radius 2 is 1.89 bits per heavy atom. The van der Waals surface area contributed by atoms with Gasteiger partial charge in [0.2, 0.25) is 5.91 Å². The maximum Gasteiger partial charge on any atom is 0.222 e. The van der Waals surface area contributed by atoms with E-state index in [1.54, 1.807) is 0 Å². The first-order chi connectivity index (χ1) is 13.7. The van der Waals surface area contributed by atoms with Crippen molar-refractivity contribution in [3.8, 4) is 0 Å². The molecule has 0 unspecified atom stereocenters. The molecule has 4 rings (SSSR count). The van der Waals surface area contributed by atoms with Crippen molar-refractivity contribution in [2.75, 3.05) is 26.2 Å². The molecule has 1 amide bonds. The van der Waals surface area contributed by atoms with Crippen LogP contribution in [0.4, 0.5) is 0 Å². The summed E-state index contributed by atoms with van der Waals surface area (Å²) >= 11 is 0. The van der Waals surface area contributed by atoms with Gasteiger partial charge in [-0.2, -0.15) is 5.10 Å². The number of likely N-dealkylation sites (tertiary alicyclic amines) is 2. The van der Waals surface area contributed by atoms with Gasteiger partial charge in [-0.3, -0.25) is 14.4 Å². The number of hydrogen-bond acceptors (Lipinski definition) is 3. The molecule has 0 atom stereocenters. The Balaban J connectivity index is 1.33. The molecule has 3 heterocycles. The number of aromatic nitrogens is 2. The largest absolute Gasteiger partial charge is 0.338 e. The van der Waals surface area contributed by atoms with Gasteiger partial charge in [0, 0.05) is 38.4 Å². The highest BCUT2D eigenvalue weighted by molar-refractivity contribution is 5.77. The summed E-state index contributed by atoms with van der Waals surface area (Å²) in [6, 6.07) is 10.8. The second-order valence-electron chi connectivity index (χ2n) is 8.36. The zero-order valence-electron chi connectivity index (χ0n) is 16.6. The van der Waals surface area contributed by atoms with Gasteiger partial charge in [-0.25, -0.2) is 0 Å². The number of hydrogen-bond donors (Lipinski definition) is 0. The van der Waals surface area contributed by atoms with Crippen molar-refractivity contribution in [2.24, 2.45) is 5.41 Å². The topological polar surface area (TPSA) is 41.4 Å². The molecule has 28 heavy (non-hydrogen) atoms. The van der Waals surface area contributed by atoms with Crippen LogP contribution in [0.1, 0.15) is 36.8 Å². The molecule has 0 bridgehead atoms. The predicted octanol–water partition coefficient (Wildman–Crippen LogP) is 3.32. The third-order valence-electron chi connectivity index (χ3n) is 6.32. The smallest absolute Gasteiger partial charge is 0.222 e. The van der Waals surface area contributed by atoms with Crippen LogP contribution in [0.15, 0.2) is 55.4 Å². The fourth-order valence-electron chi connectivity index (χ4n) is 4.68. The van der Waals surface area contributed by atoms with Gasteiger partial charge in [0.05, 0.1) is 6.54 Å². The molecule has 2 fully saturated rings. The van der Waals surface area contributed by atoms with Crippen LogP contribution in [0, 0.1) is 5.41 Å². The highest BCUT2D eigenvalue weighted by atomic mass is 16.2. The van der Waals surface area contributed by atoms with Crippen molar-refractivity contribution >= 4 is 5.91 Å². The van der Waals surface area contributed by atoms with Gasteiger partial charge < -0.3 is 4.90 Å². The van der Waals surface area contributed by atoms with Crippen molar-refractivity contribution < 1.29 is 4.79 Å². The van der Waals surface area contributed by atoms with E-state index in [1.807, 2.05) is 34.1 Å². The van der Waals surface area contributed by atoms with E-state index >= 15 is 0 Å². The van der Waals surface area contributed by atoms with Crippen LogP contribution in [0.5, 0.6) is 0 Å². The molecule has 1 spiro atoms. The standard InChI is InChI=1S/C23H30N4O/c1-2-12-26-19-23(8-7-22(26)28)9-14-25(15-10-23)17-20-5-3-6-21(16-20)18-27-13-4-11-24-27/h2-6,11,13,16H,1,7-10,12,14-15,17-19H2. The highest BCUT2D eigenvalue weighted by Gasteiger charge is 2.40. The minimum absolute atomic E-state index is 0.293. The Kier molecular flexibility index (Phi) is 5.62. The lowest BCUT2D eigenvalue weighted by molar-refractivity contribution is -0.138. The van der Waals surface area contributed by atoms with Crippen molar-refractivity contribution in [2.45, 2.75) is 38.8 Å². The molecule has 0 N–H and O–H groups in total. The predicted molar refractivity (Wildman–Crippen MR) is 111 cm³/mol. The molecular formula is C23H30N4O. The number of benzene rings is 1. The molecule has 5 heteroatoms. The summed E-state index contributed by atoms with van der Waals surface area (Å²) < 4.78 is 1.96. The zero-order chi connectivity index (χ0) is 19.4. The molecule has 5 nitrogen and oxygen atoms in total. The van der Waals surface area contributed by atoms with Crippen LogP contribution in [-0.4, -0.2) is 51.7 Å². The molecule has 148 valence electrons. The summed E-state index contributed by atoms with van der Waals surface area (Å²) in [5.41, 5.74) is 2.98. The lowest BCUT2D eigenvalue weighted by Gasteiger charge is -2.47. The summed E-state index contributed by atoms with van der Waals surface area (Å²) in [6.07, 6.45) is 9.78. The van der Waals surface area contributed by atoms with E-state index < -0.39 is 0 Å². The molecule has 0 saturated carbocycles. The Hall–Kier alpha value is -2.40. The maximum atomic E-state index is 12.1. The van der Waals surface area contributed by atoms with E-state index in [0.29, 0.717) is 24.3 Å². The Morgan fingerprint density at radius 1 is 1.11 bits per heavy atom. The summed E-state index contributed by atoms with van der Waals surface area (Å²) in [5.74, 6) is 0.293. The van der Waals surface area contributed by atoms with Gasteiger partial charge in [0.1, 0.15) is 0 Å². The van der Waals surface area contributed by atoms with Crippen molar-refractivity contribution in [3.05, 3.63) is 66.5 Å². The van der Waals surface area contributed by atoms with Crippen LogP contribution in [0.25, 0.3) is 0 Å². The summed E-state index contributed by atoms with van der Waals surface area (Å²) in [5, 5.41) is 4.30. The van der Waals surface area contributed by atoms with Gasteiger partial charge >= 0.3 is 0 Å². The lowest BCUT2D eigenvalue weighted by Crippen LogP contribution is -2.51. The van der Waals surface area contributed by atoms with Crippen molar-refractivity contribution in [3.63, 3.8) is 0 Å². The lowest BCUT2D eigenvalue weighted by atomic mass is 9.72. The number of amides is 1. The normalized spacial score (nSPS) is 19.9. The van der Waals surface area contributed by atoms with Crippen molar-refractivity contribution in [1.82, 2.24) is 19.6 Å². The third-order valence-corrected chi connectivity index (χ3v) is 6.32. The number of carbonyl (C=O) groups excluding carboxylic acids is 1. The summed E-state index contributed by atoms with van der Waals surface area (Å²) in [6.45, 7) is 9.44. The monoisotopic (exact) mass is 378 g/mol. The Bertz CT molecular complexity index is 806. The van der Waals surface area contributed by atoms with Gasteiger partial charge in [-0.1, -0.05) is 30.3 Å². The van der Waals surface area contributed by atoms with E-state index in [1.165, 1.54) is 24.0 Å². The number of rotatable bonds is 6. The molecule has 2 aliphatic rings. The van der Waals surface area contributed by atoms with Crippen LogP contribution in [-0.2, 0) is 17.9 Å². The van der Waals surface area contributed by atoms with E-state index in [9.17, 15) is 4.79 Å². The van der Waals surface area contributed by atoms with E-state index in [2.05, 4.69) is 40.8 Å². The third kappa shape index (κ3) is 4.36. The fraction of sp³-hybridized carbons (Fsp3) is 0.478. The van der Waals surface area contributed by atoms with E-state index in [-0.39, 0.29) is 0 Å². The first kappa shape index (κ1) is 18.9. The second kappa shape index (κ2) is 8.31. The number of nitrogens with zero attached hydrogens (tertiary/aromatic N) is 4. The van der Waals surface area contributed by atoms with E-state index in [4.69, 9.17) is 0 Å². The van der Waals surface area contributed by atoms with E-state index in [0.717, 1.165) is 39.1 Å². The van der Waals surface area contributed by atoms with Gasteiger partial charge in [0.15, 0.2) is 0 Å². The molecule has 1 aromatic carbocycles. The second-order valence-corrected chi connectivity index (χ2v) is 8.36. The maximum absolute atomic E-state index is 12.1. The minimum Gasteiger partial charge on any atom is -0.338 e. The van der Waals surface area contributed by atoms with Crippen LogP contribution < -0.4 is 0 Å². The van der Waals surface area contributed by atoms with Crippen LogP contribution in [0.3, 0.4) is 0 Å². The Morgan fingerprint density at radius 3 is 2.61 bits per heavy atom. The van der Waals surface area contributed by atoms with Crippen LogP contribution in [0.2, 0.25) is 0 Å². The first-order valence-corrected chi connectivity index (χ1v) is 10.3. The molecule has 2 aliphatic heterocycles. The van der Waals surface area contributed by atoms with Gasteiger partial charge in [-0.05, 0) is 55.0 Å². The van der Waals surface area contributed by atoms with Gasteiger partial charge in [-0.15, -0.1) is 6.58 Å². The average Bonchev–Trinajstić information content (AvgIpc) is 3.20. The number of piperidine rings is 2.